The van der Waals surface area contributed by atoms with E-state index in [1.165, 1.54) is 6.08 Å². The van der Waals surface area contributed by atoms with Crippen molar-refractivity contribution in [3.8, 4) is 17.6 Å². The van der Waals surface area contributed by atoms with E-state index in [1.54, 1.807) is 24.3 Å². The minimum atomic E-state index is -3.55. The predicted octanol–water partition coefficient (Wildman–Crippen LogP) is 4.30. The van der Waals surface area contributed by atoms with E-state index in [1.807, 2.05) is 31.2 Å². The van der Waals surface area contributed by atoms with Gasteiger partial charge in [-0.1, -0.05) is 41.1 Å². The van der Waals surface area contributed by atoms with Crippen LogP contribution in [0.1, 0.15) is 17.5 Å². The molecule has 0 saturated carbocycles. The number of nitriles is 1. The molecule has 3 rings (SSSR count). The second-order valence-electron chi connectivity index (χ2n) is 7.33. The molecule has 1 heterocycles. The molecule has 0 atom stereocenters. The molecule has 1 aromatic heterocycles. The quantitative estimate of drug-likeness (QED) is 0.177. The van der Waals surface area contributed by atoms with E-state index in [-0.39, 0.29) is 15.0 Å². The highest BCUT2D eigenvalue weighted by atomic mass is 35.5. The number of carbonyl (C=O) groups is 1. The Morgan fingerprint density at radius 3 is 2.63 bits per heavy atom. The number of nitrogens with zero attached hydrogens (tertiary/aromatic N) is 3. The average Bonchev–Trinajstić information content (AvgIpc) is 3.27. The molecule has 0 unspecified atom stereocenters. The summed E-state index contributed by atoms with van der Waals surface area (Å²) in [6, 6.07) is 14.5. The molecular formula is C23H21ClN4O5S2. The van der Waals surface area contributed by atoms with Gasteiger partial charge in [0.05, 0.1) is 18.2 Å². The van der Waals surface area contributed by atoms with Crippen LogP contribution in [-0.4, -0.2) is 44.0 Å². The first-order chi connectivity index (χ1) is 16.7. The molecule has 1 amide bonds. The van der Waals surface area contributed by atoms with Crippen molar-refractivity contribution in [2.45, 2.75) is 17.7 Å². The van der Waals surface area contributed by atoms with Gasteiger partial charge in [-0.2, -0.15) is 5.26 Å². The third kappa shape index (κ3) is 7.78. The Morgan fingerprint density at radius 1 is 1.20 bits per heavy atom. The predicted molar refractivity (Wildman–Crippen MR) is 133 cm³/mol. The van der Waals surface area contributed by atoms with Crippen molar-refractivity contribution in [3.63, 3.8) is 0 Å². The molecule has 1 N–H and O–H groups in total. The first-order valence-corrected chi connectivity index (χ1v) is 13.3. The fourth-order valence-corrected chi connectivity index (χ4v) is 4.50. The van der Waals surface area contributed by atoms with Crippen LogP contribution < -0.4 is 14.8 Å². The number of hydrogen-bond acceptors (Lipinski definition) is 9. The molecule has 3 aromatic rings. The number of rotatable bonds is 10. The van der Waals surface area contributed by atoms with E-state index in [0.717, 1.165) is 17.6 Å². The van der Waals surface area contributed by atoms with Crippen LogP contribution in [0.2, 0.25) is 5.02 Å². The molecule has 182 valence electrons. The Balaban J connectivity index is 1.55. The first-order valence-electron chi connectivity index (χ1n) is 10.2. The van der Waals surface area contributed by atoms with Crippen molar-refractivity contribution >= 4 is 49.9 Å². The van der Waals surface area contributed by atoms with Crippen LogP contribution in [0.5, 0.6) is 11.5 Å². The SMILES string of the molecule is Cc1cccc(OCCCOc2ccc(/C=C(/C#N)C(=O)Nc3nnc(S(C)(=O)=O)s3)cc2Cl)c1. The highest BCUT2D eigenvalue weighted by molar-refractivity contribution is 7.92. The molecule has 12 heteroatoms. The van der Waals surface area contributed by atoms with Crippen molar-refractivity contribution in [3.05, 3.63) is 64.2 Å². The van der Waals surface area contributed by atoms with Gasteiger partial charge < -0.3 is 9.47 Å². The summed E-state index contributed by atoms with van der Waals surface area (Å²) in [6.07, 6.45) is 2.98. The summed E-state index contributed by atoms with van der Waals surface area (Å²) in [5.41, 5.74) is 1.41. The maximum atomic E-state index is 12.4. The minimum absolute atomic E-state index is 0.0373. The highest BCUT2D eigenvalue weighted by Gasteiger charge is 2.17. The largest absolute Gasteiger partial charge is 0.493 e. The van der Waals surface area contributed by atoms with Gasteiger partial charge in [0.1, 0.15) is 23.1 Å². The number of aryl methyl sites for hydroxylation is 1. The number of aromatic nitrogens is 2. The molecule has 0 spiro atoms. The zero-order valence-electron chi connectivity index (χ0n) is 18.8. The Labute approximate surface area is 211 Å². The molecule has 0 radical (unpaired) electrons. The third-order valence-electron chi connectivity index (χ3n) is 4.38. The van der Waals surface area contributed by atoms with Crippen LogP contribution in [0.25, 0.3) is 6.08 Å². The number of nitrogens with one attached hydrogen (secondary N) is 1. The highest BCUT2D eigenvalue weighted by Crippen LogP contribution is 2.27. The average molecular weight is 533 g/mol. The van der Waals surface area contributed by atoms with Crippen LogP contribution in [0, 0.1) is 18.3 Å². The van der Waals surface area contributed by atoms with E-state index in [2.05, 4.69) is 15.5 Å². The van der Waals surface area contributed by atoms with Crippen LogP contribution >= 0.6 is 22.9 Å². The maximum absolute atomic E-state index is 12.4. The second kappa shape index (κ2) is 11.8. The van der Waals surface area contributed by atoms with Crippen molar-refractivity contribution in [1.29, 1.82) is 5.26 Å². The monoisotopic (exact) mass is 532 g/mol. The van der Waals surface area contributed by atoms with Crippen LogP contribution in [0.15, 0.2) is 52.4 Å². The van der Waals surface area contributed by atoms with Crippen molar-refractivity contribution in [1.82, 2.24) is 10.2 Å². The Bertz CT molecular complexity index is 1400. The van der Waals surface area contributed by atoms with Gasteiger partial charge in [0.15, 0.2) is 0 Å². The van der Waals surface area contributed by atoms with Gasteiger partial charge in [-0.15, -0.1) is 10.2 Å². The van der Waals surface area contributed by atoms with Gasteiger partial charge in [0, 0.05) is 12.7 Å². The molecule has 0 fully saturated rings. The second-order valence-corrected chi connectivity index (χ2v) is 10.9. The summed E-state index contributed by atoms with van der Waals surface area (Å²) in [5.74, 6) is 0.511. The molecule has 0 bridgehead atoms. The van der Waals surface area contributed by atoms with E-state index < -0.39 is 15.7 Å². The lowest BCUT2D eigenvalue weighted by Gasteiger charge is -2.10. The van der Waals surface area contributed by atoms with Gasteiger partial charge in [-0.3, -0.25) is 10.1 Å². The maximum Gasteiger partial charge on any atom is 0.268 e. The molecule has 35 heavy (non-hydrogen) atoms. The number of halogens is 1. The van der Waals surface area contributed by atoms with Crippen molar-refractivity contribution < 1.29 is 22.7 Å². The summed E-state index contributed by atoms with van der Waals surface area (Å²) in [4.78, 5) is 12.4. The summed E-state index contributed by atoms with van der Waals surface area (Å²) < 4.78 is 34.1. The van der Waals surface area contributed by atoms with Crippen LogP contribution in [0.4, 0.5) is 5.13 Å². The molecule has 0 aliphatic carbocycles. The minimum Gasteiger partial charge on any atom is -0.493 e. The fraction of sp³-hybridized carbons (Fsp3) is 0.217. The van der Waals surface area contributed by atoms with Crippen molar-refractivity contribution in [2.24, 2.45) is 0 Å². The van der Waals surface area contributed by atoms with E-state index >= 15 is 0 Å². The standard InChI is InChI=1S/C23H21ClN4O5S2/c1-15-5-3-6-18(11-15)32-9-4-10-33-20-8-7-16(13-19(20)24)12-17(14-25)21(29)26-22-27-28-23(34-22)35(2,30)31/h3,5-8,11-13H,4,9-10H2,1-2H3,(H,26,27,29)/b17-12-. The zero-order chi connectivity index (χ0) is 25.4. The molecular weight excluding hydrogens is 512 g/mol. The number of hydrogen-bond donors (Lipinski definition) is 1. The normalized spacial score (nSPS) is 11.5. The molecule has 0 aliphatic rings. The number of sulfone groups is 1. The number of ether oxygens (including phenoxy) is 2. The lowest BCUT2D eigenvalue weighted by Crippen LogP contribution is -2.13. The smallest absolute Gasteiger partial charge is 0.268 e. The summed E-state index contributed by atoms with van der Waals surface area (Å²) in [5, 5.41) is 19.1. The molecule has 9 nitrogen and oxygen atoms in total. The lowest BCUT2D eigenvalue weighted by molar-refractivity contribution is -0.112. The Kier molecular flexibility index (Phi) is 8.81. The third-order valence-corrected chi connectivity index (χ3v) is 7.18. The number of anilines is 1. The van der Waals surface area contributed by atoms with Gasteiger partial charge >= 0.3 is 0 Å². The summed E-state index contributed by atoms with van der Waals surface area (Å²) in [7, 11) is -3.55. The zero-order valence-corrected chi connectivity index (χ0v) is 21.2. The summed E-state index contributed by atoms with van der Waals surface area (Å²) in [6.45, 7) is 2.88. The molecule has 2 aromatic carbocycles. The fourth-order valence-electron chi connectivity index (χ4n) is 2.75. The van der Waals surface area contributed by atoms with Crippen molar-refractivity contribution in [2.75, 3.05) is 24.8 Å². The van der Waals surface area contributed by atoms with Crippen LogP contribution in [0.3, 0.4) is 0 Å². The first kappa shape index (κ1) is 26.2. The van der Waals surface area contributed by atoms with E-state index in [0.29, 0.717) is 47.3 Å². The topological polar surface area (TPSA) is 131 Å². The number of amides is 1. The van der Waals surface area contributed by atoms with Gasteiger partial charge in [0.2, 0.25) is 19.3 Å². The molecule has 0 aliphatic heterocycles. The van der Waals surface area contributed by atoms with Gasteiger partial charge in [-0.25, -0.2) is 8.42 Å². The number of benzene rings is 2. The number of carbonyl (C=O) groups excluding carboxylic acids is 1. The molecule has 0 saturated heterocycles. The Hall–Kier alpha value is -3.46. The summed E-state index contributed by atoms with van der Waals surface area (Å²) >= 11 is 6.99. The van der Waals surface area contributed by atoms with Gasteiger partial charge in [-0.05, 0) is 48.4 Å². The van der Waals surface area contributed by atoms with E-state index in [4.69, 9.17) is 21.1 Å². The van der Waals surface area contributed by atoms with E-state index in [9.17, 15) is 18.5 Å². The Morgan fingerprint density at radius 2 is 1.97 bits per heavy atom. The van der Waals surface area contributed by atoms with Gasteiger partial charge in [0.25, 0.3) is 5.91 Å². The van der Waals surface area contributed by atoms with Crippen LogP contribution in [-0.2, 0) is 14.6 Å². The lowest BCUT2D eigenvalue weighted by atomic mass is 10.1.